The molecule has 7 rings (SSSR count). The van der Waals surface area contributed by atoms with Gasteiger partial charge in [0.05, 0.1) is 30.9 Å². The monoisotopic (exact) mass is 680 g/mol. The van der Waals surface area contributed by atoms with Crippen LogP contribution in [0, 0.1) is 11.8 Å². The molecule has 0 radical (unpaired) electrons. The molecule has 10 nitrogen and oxygen atoms in total. The lowest BCUT2D eigenvalue weighted by Gasteiger charge is -2.42. The van der Waals surface area contributed by atoms with Crippen molar-refractivity contribution < 1.29 is 29.0 Å². The van der Waals surface area contributed by atoms with Crippen LogP contribution >= 0.6 is 0 Å². The van der Waals surface area contributed by atoms with Gasteiger partial charge in [-0.2, -0.15) is 0 Å². The summed E-state index contributed by atoms with van der Waals surface area (Å²) in [5, 5.41) is 13.8. The Morgan fingerprint density at radius 3 is 2.44 bits per heavy atom. The minimum atomic E-state index is -1.40. The molecule has 2 amide bonds. The fourth-order valence-electron chi connectivity index (χ4n) is 8.50. The number of carboxylic acid groups (broad SMARTS) is 1. The number of amides is 2. The third kappa shape index (κ3) is 6.70. The highest BCUT2D eigenvalue weighted by Crippen LogP contribution is 2.45. The number of likely N-dealkylation sites (tertiary alicyclic amines) is 2. The summed E-state index contributed by atoms with van der Waals surface area (Å²) in [5.41, 5.74) is 0.972. The van der Waals surface area contributed by atoms with E-state index >= 15 is 0 Å². The summed E-state index contributed by atoms with van der Waals surface area (Å²) >= 11 is 0. The average molecular weight is 681 g/mol. The van der Waals surface area contributed by atoms with Crippen molar-refractivity contribution in [3.63, 3.8) is 0 Å². The number of carbonyl (C=O) groups is 3. The molecule has 3 aromatic rings. The molecule has 2 aliphatic heterocycles. The third-order valence-electron chi connectivity index (χ3n) is 11.4. The van der Waals surface area contributed by atoms with E-state index in [0.717, 1.165) is 74.7 Å². The number of nitrogens with one attached hydrogen (secondary N) is 1. The van der Waals surface area contributed by atoms with E-state index in [0.29, 0.717) is 17.0 Å². The summed E-state index contributed by atoms with van der Waals surface area (Å²) in [6.45, 7) is 5.74. The lowest BCUT2D eigenvalue weighted by molar-refractivity contribution is -0.147. The lowest BCUT2D eigenvalue weighted by atomic mass is 9.82. The maximum Gasteiger partial charge on any atom is 0.330 e. The third-order valence-corrected chi connectivity index (χ3v) is 11.4. The fourth-order valence-corrected chi connectivity index (χ4v) is 8.50. The van der Waals surface area contributed by atoms with Gasteiger partial charge in [0, 0.05) is 35.4 Å². The molecule has 2 aromatic carbocycles. The van der Waals surface area contributed by atoms with Gasteiger partial charge in [-0.05, 0) is 63.2 Å². The van der Waals surface area contributed by atoms with Crippen molar-refractivity contribution in [3.8, 4) is 22.8 Å². The number of hydrogen-bond donors (Lipinski definition) is 2. The first-order valence-corrected chi connectivity index (χ1v) is 18.2. The van der Waals surface area contributed by atoms with Gasteiger partial charge in [0.2, 0.25) is 11.8 Å². The number of ether oxygens (including phenoxy) is 2. The van der Waals surface area contributed by atoms with Gasteiger partial charge in [-0.1, -0.05) is 62.1 Å². The first-order valence-electron chi connectivity index (χ1n) is 18.2. The van der Waals surface area contributed by atoms with E-state index in [1.165, 1.54) is 6.42 Å². The predicted molar refractivity (Wildman–Crippen MR) is 191 cm³/mol. The second-order valence-electron chi connectivity index (χ2n) is 14.5. The average Bonchev–Trinajstić information content (AvgIpc) is 3.71. The number of benzene rings is 2. The number of methoxy groups -OCH3 is 1. The molecule has 4 fully saturated rings. The highest BCUT2D eigenvalue weighted by Gasteiger charge is 2.61. The first-order chi connectivity index (χ1) is 24.3. The molecule has 2 saturated heterocycles. The molecule has 4 aliphatic rings. The van der Waals surface area contributed by atoms with Crippen molar-refractivity contribution in [2.75, 3.05) is 26.7 Å². The van der Waals surface area contributed by atoms with Gasteiger partial charge in [-0.25, -0.2) is 9.78 Å². The Balaban J connectivity index is 1.23. The Morgan fingerprint density at radius 2 is 1.76 bits per heavy atom. The minimum Gasteiger partial charge on any atom is -0.497 e. The molecule has 2 aliphatic carbocycles. The van der Waals surface area contributed by atoms with Crippen LogP contribution in [-0.2, 0) is 14.4 Å². The summed E-state index contributed by atoms with van der Waals surface area (Å²) < 4.78 is 12.3. The number of carboxylic acids is 1. The summed E-state index contributed by atoms with van der Waals surface area (Å²) in [5.74, 6) is -0.435. The highest BCUT2D eigenvalue weighted by molar-refractivity contribution is 5.96. The number of nitrogens with zero attached hydrogens (tertiary/aromatic N) is 3. The molecule has 1 aromatic heterocycles. The Morgan fingerprint density at radius 1 is 1.02 bits per heavy atom. The van der Waals surface area contributed by atoms with Crippen LogP contribution in [0.2, 0.25) is 0 Å². The maximum absolute atomic E-state index is 14.9. The summed E-state index contributed by atoms with van der Waals surface area (Å²) in [6, 6.07) is 16.3. The standard InChI is InChI=1S/C40H48N4O6/c1-3-28-24-40(28,39(47)48)42-37(45)34-22-30(25-44(34)38(46)36(27-15-9-5-10-16-27)43-19-11-6-12-20-43)50-35-23-32(26-13-7-4-8-14-26)41-33-21-29(49-2)17-18-31(33)35/h3-4,7-8,13-14,17-18,21,23,27-28,30,34,36H,1,5-6,9-12,15-16,19-20,22,24-25H2,2H3,(H,42,45)(H,47,48)/t28?,30-,34+,36?,40?/m1/s1. The van der Waals surface area contributed by atoms with Crippen LogP contribution < -0.4 is 14.8 Å². The molecule has 50 heavy (non-hydrogen) atoms. The molecule has 3 unspecified atom stereocenters. The second-order valence-corrected chi connectivity index (χ2v) is 14.5. The molecule has 3 heterocycles. The molecular weight excluding hydrogens is 632 g/mol. The van der Waals surface area contributed by atoms with Crippen molar-refractivity contribution in [1.82, 2.24) is 20.1 Å². The number of carbonyl (C=O) groups excluding carboxylic acids is 2. The van der Waals surface area contributed by atoms with E-state index in [9.17, 15) is 19.5 Å². The van der Waals surface area contributed by atoms with E-state index in [1.807, 2.05) is 54.6 Å². The normalized spacial score (nSPS) is 26.3. The predicted octanol–water partition coefficient (Wildman–Crippen LogP) is 5.84. The maximum atomic E-state index is 14.9. The van der Waals surface area contributed by atoms with E-state index in [1.54, 1.807) is 18.1 Å². The number of aliphatic carboxylic acids is 1. The summed E-state index contributed by atoms with van der Waals surface area (Å²) in [6.07, 6.45) is 10.2. The van der Waals surface area contributed by atoms with Gasteiger partial charge >= 0.3 is 5.97 Å². The Hall–Kier alpha value is -4.44. The molecule has 10 heteroatoms. The van der Waals surface area contributed by atoms with Gasteiger partial charge in [-0.15, -0.1) is 6.58 Å². The number of hydrogen-bond acceptors (Lipinski definition) is 7. The second kappa shape index (κ2) is 14.4. The van der Waals surface area contributed by atoms with E-state index in [-0.39, 0.29) is 43.2 Å². The molecule has 0 bridgehead atoms. The van der Waals surface area contributed by atoms with Crippen LogP contribution in [0.15, 0.2) is 67.3 Å². The van der Waals surface area contributed by atoms with Crippen LogP contribution in [0.1, 0.15) is 64.2 Å². The first kappa shape index (κ1) is 34.0. The van der Waals surface area contributed by atoms with Gasteiger partial charge < -0.3 is 24.8 Å². The number of piperidine rings is 1. The van der Waals surface area contributed by atoms with Crippen molar-refractivity contribution in [2.45, 2.75) is 87.9 Å². The lowest BCUT2D eigenvalue weighted by Crippen LogP contribution is -2.58. The SMILES string of the molecule is C=CC1CC1(NC(=O)[C@@H]1C[C@@H](Oc2cc(-c3ccccc3)nc3cc(OC)ccc23)CN1C(=O)C(C1CCCCC1)N1CCCCC1)C(=O)O. The van der Waals surface area contributed by atoms with Crippen molar-refractivity contribution in [1.29, 1.82) is 0 Å². The van der Waals surface area contributed by atoms with E-state index in [2.05, 4.69) is 16.8 Å². The quantitative estimate of drug-likeness (QED) is 0.243. The smallest absolute Gasteiger partial charge is 0.330 e. The zero-order valence-electron chi connectivity index (χ0n) is 28.9. The van der Waals surface area contributed by atoms with Gasteiger partial charge in [-0.3, -0.25) is 14.5 Å². The van der Waals surface area contributed by atoms with Crippen molar-refractivity contribution in [3.05, 3.63) is 67.3 Å². The fraction of sp³-hybridized carbons (Fsp3) is 0.500. The highest BCUT2D eigenvalue weighted by atomic mass is 16.5. The molecule has 0 spiro atoms. The van der Waals surface area contributed by atoms with Crippen LogP contribution in [0.4, 0.5) is 0 Å². The summed E-state index contributed by atoms with van der Waals surface area (Å²) in [4.78, 5) is 50.4. The van der Waals surface area contributed by atoms with Crippen molar-refractivity contribution in [2.24, 2.45) is 11.8 Å². The molecular formula is C40H48N4O6. The zero-order chi connectivity index (χ0) is 34.8. The zero-order valence-corrected chi connectivity index (χ0v) is 28.9. The number of pyridine rings is 1. The Kier molecular flexibility index (Phi) is 9.82. The van der Waals surface area contributed by atoms with Gasteiger partial charge in [0.1, 0.15) is 29.2 Å². The van der Waals surface area contributed by atoms with Crippen LogP contribution in [-0.4, -0.2) is 88.1 Å². The van der Waals surface area contributed by atoms with Crippen molar-refractivity contribution >= 4 is 28.7 Å². The largest absolute Gasteiger partial charge is 0.497 e. The molecule has 2 N–H and O–H groups in total. The van der Waals surface area contributed by atoms with Gasteiger partial charge in [0.15, 0.2) is 0 Å². The van der Waals surface area contributed by atoms with Gasteiger partial charge in [0.25, 0.3) is 0 Å². The number of aromatic nitrogens is 1. The molecule has 2 saturated carbocycles. The molecule has 264 valence electrons. The minimum absolute atomic E-state index is 0.0419. The van der Waals surface area contributed by atoms with E-state index < -0.39 is 29.6 Å². The van der Waals surface area contributed by atoms with Crippen LogP contribution in [0.5, 0.6) is 11.5 Å². The van der Waals surface area contributed by atoms with E-state index in [4.69, 9.17) is 14.5 Å². The van der Waals surface area contributed by atoms with Crippen LogP contribution in [0.25, 0.3) is 22.2 Å². The Bertz CT molecular complexity index is 1720. The number of fused-ring (bicyclic) bond motifs is 1. The summed E-state index contributed by atoms with van der Waals surface area (Å²) in [7, 11) is 1.62. The molecule has 5 atom stereocenters. The topological polar surface area (TPSA) is 121 Å². The Labute approximate surface area is 293 Å². The number of rotatable bonds is 11. The van der Waals surface area contributed by atoms with Crippen LogP contribution in [0.3, 0.4) is 0 Å².